The van der Waals surface area contributed by atoms with Gasteiger partial charge in [0.05, 0.1) is 0 Å². The van der Waals surface area contributed by atoms with Crippen LogP contribution in [-0.2, 0) is 6.42 Å². The van der Waals surface area contributed by atoms with Crippen molar-refractivity contribution >= 4 is 0 Å². The van der Waals surface area contributed by atoms with Crippen molar-refractivity contribution in [3.63, 3.8) is 0 Å². The molecule has 0 aliphatic heterocycles. The Morgan fingerprint density at radius 3 is 2.38 bits per heavy atom. The fourth-order valence-corrected chi connectivity index (χ4v) is 1.87. The van der Waals surface area contributed by atoms with E-state index < -0.39 is 0 Å². The first-order chi connectivity index (χ1) is 7.81. The molecule has 2 rings (SSSR count). The van der Waals surface area contributed by atoms with Crippen molar-refractivity contribution in [2.24, 2.45) is 0 Å². The number of phenolic OH excluding ortho intramolecular Hbond substituents is 1. The van der Waals surface area contributed by atoms with E-state index in [0.717, 1.165) is 18.4 Å². The quantitative estimate of drug-likeness (QED) is 0.815. The summed E-state index contributed by atoms with van der Waals surface area (Å²) >= 11 is 0. The van der Waals surface area contributed by atoms with Crippen LogP contribution in [0.1, 0.15) is 18.9 Å². The second-order valence-electron chi connectivity index (χ2n) is 3.96. The minimum atomic E-state index is 0.404. The molecule has 0 saturated heterocycles. The van der Waals surface area contributed by atoms with E-state index in [4.69, 9.17) is 0 Å². The highest BCUT2D eigenvalue weighted by Gasteiger charge is 2.03. The van der Waals surface area contributed by atoms with E-state index in [-0.39, 0.29) is 0 Å². The fraction of sp³-hybridized carbons (Fsp3) is 0.200. The molecular formula is C15H16O. The van der Waals surface area contributed by atoms with Gasteiger partial charge < -0.3 is 5.11 Å². The summed E-state index contributed by atoms with van der Waals surface area (Å²) in [5.41, 5.74) is 3.39. The lowest BCUT2D eigenvalue weighted by Crippen LogP contribution is -1.86. The molecule has 0 aliphatic rings. The highest BCUT2D eigenvalue weighted by Crippen LogP contribution is 2.26. The Morgan fingerprint density at radius 2 is 1.69 bits per heavy atom. The summed E-state index contributed by atoms with van der Waals surface area (Å²) in [5.74, 6) is 0.404. The molecule has 0 atom stereocenters. The summed E-state index contributed by atoms with van der Waals surface area (Å²) in [6.07, 6.45) is 1.97. The molecule has 0 amide bonds. The Balaban J connectivity index is 2.40. The van der Waals surface area contributed by atoms with Crippen molar-refractivity contribution in [2.45, 2.75) is 19.8 Å². The number of hydrogen-bond acceptors (Lipinski definition) is 1. The molecule has 0 bridgehead atoms. The number of aromatic hydroxyl groups is 1. The summed E-state index contributed by atoms with van der Waals surface area (Å²) in [5, 5.41) is 9.71. The molecule has 82 valence electrons. The Labute approximate surface area is 96.4 Å². The first-order valence-corrected chi connectivity index (χ1v) is 5.68. The molecule has 0 spiro atoms. The van der Waals surface area contributed by atoms with Gasteiger partial charge >= 0.3 is 0 Å². The van der Waals surface area contributed by atoms with Gasteiger partial charge in [-0.25, -0.2) is 0 Å². The zero-order chi connectivity index (χ0) is 11.4. The molecule has 2 aromatic rings. The van der Waals surface area contributed by atoms with Crippen LogP contribution in [0, 0.1) is 0 Å². The lowest BCUT2D eigenvalue weighted by molar-refractivity contribution is 0.467. The van der Waals surface area contributed by atoms with E-state index in [2.05, 4.69) is 25.1 Å². The van der Waals surface area contributed by atoms with Crippen LogP contribution in [-0.4, -0.2) is 5.11 Å². The minimum absolute atomic E-state index is 0.404. The maximum absolute atomic E-state index is 9.71. The van der Waals surface area contributed by atoms with E-state index in [1.54, 1.807) is 6.07 Å². The number of hydrogen-bond donors (Lipinski definition) is 1. The Kier molecular flexibility index (Phi) is 3.25. The molecule has 0 saturated carbocycles. The lowest BCUT2D eigenvalue weighted by Gasteiger charge is -2.07. The molecule has 0 radical (unpaired) electrons. The Bertz CT molecular complexity index is 460. The van der Waals surface area contributed by atoms with Crippen LogP contribution in [0.2, 0.25) is 0 Å². The van der Waals surface area contributed by atoms with Gasteiger partial charge in [0.25, 0.3) is 0 Å². The summed E-state index contributed by atoms with van der Waals surface area (Å²) in [7, 11) is 0. The molecule has 0 aromatic heterocycles. The van der Waals surface area contributed by atoms with Gasteiger partial charge in [0.2, 0.25) is 0 Å². The van der Waals surface area contributed by atoms with Crippen LogP contribution in [0.4, 0.5) is 0 Å². The molecule has 2 aromatic carbocycles. The first kappa shape index (κ1) is 10.7. The molecular weight excluding hydrogens is 196 g/mol. The normalized spacial score (nSPS) is 10.3. The highest BCUT2D eigenvalue weighted by molar-refractivity contribution is 5.65. The predicted molar refractivity (Wildman–Crippen MR) is 67.5 cm³/mol. The van der Waals surface area contributed by atoms with E-state index in [1.165, 1.54) is 11.1 Å². The first-order valence-electron chi connectivity index (χ1n) is 5.68. The third-order valence-electron chi connectivity index (χ3n) is 2.71. The maximum atomic E-state index is 9.71. The molecule has 0 fully saturated rings. The van der Waals surface area contributed by atoms with Gasteiger partial charge in [0.15, 0.2) is 0 Å². The molecule has 1 N–H and O–H groups in total. The van der Waals surface area contributed by atoms with Crippen LogP contribution in [0.3, 0.4) is 0 Å². The van der Waals surface area contributed by atoms with Crippen LogP contribution in [0.15, 0.2) is 48.5 Å². The second-order valence-corrected chi connectivity index (χ2v) is 3.96. The van der Waals surface area contributed by atoms with E-state index in [1.807, 2.05) is 24.3 Å². The SMILES string of the molecule is CCCc1cc(-c2ccccc2)ccc1O. The van der Waals surface area contributed by atoms with Gasteiger partial charge in [0.1, 0.15) is 5.75 Å². The molecule has 0 unspecified atom stereocenters. The Morgan fingerprint density at radius 1 is 0.938 bits per heavy atom. The summed E-state index contributed by atoms with van der Waals surface area (Å²) < 4.78 is 0. The Hall–Kier alpha value is -1.76. The third-order valence-corrected chi connectivity index (χ3v) is 2.71. The smallest absolute Gasteiger partial charge is 0.118 e. The van der Waals surface area contributed by atoms with Crippen molar-refractivity contribution in [3.8, 4) is 16.9 Å². The number of aryl methyl sites for hydroxylation is 1. The average Bonchev–Trinajstić information content (AvgIpc) is 2.33. The number of benzene rings is 2. The van der Waals surface area contributed by atoms with Gasteiger partial charge in [-0.2, -0.15) is 0 Å². The van der Waals surface area contributed by atoms with Crippen molar-refractivity contribution in [1.82, 2.24) is 0 Å². The van der Waals surface area contributed by atoms with Gasteiger partial charge in [-0.05, 0) is 35.2 Å². The van der Waals surface area contributed by atoms with Crippen molar-refractivity contribution in [3.05, 3.63) is 54.1 Å². The van der Waals surface area contributed by atoms with Gasteiger partial charge in [-0.3, -0.25) is 0 Å². The number of phenols is 1. The van der Waals surface area contributed by atoms with Crippen molar-refractivity contribution < 1.29 is 5.11 Å². The fourth-order valence-electron chi connectivity index (χ4n) is 1.87. The van der Waals surface area contributed by atoms with Crippen LogP contribution >= 0.6 is 0 Å². The standard InChI is InChI=1S/C15H16O/c1-2-6-14-11-13(9-10-15(14)16)12-7-4-3-5-8-12/h3-5,7-11,16H,2,6H2,1H3. The molecule has 0 aliphatic carbocycles. The van der Waals surface area contributed by atoms with E-state index >= 15 is 0 Å². The predicted octanol–water partition coefficient (Wildman–Crippen LogP) is 4.01. The summed E-state index contributed by atoms with van der Waals surface area (Å²) in [6.45, 7) is 2.12. The third kappa shape index (κ3) is 2.25. The van der Waals surface area contributed by atoms with Gasteiger partial charge in [-0.1, -0.05) is 49.7 Å². The van der Waals surface area contributed by atoms with E-state index in [0.29, 0.717) is 5.75 Å². The van der Waals surface area contributed by atoms with Crippen LogP contribution < -0.4 is 0 Å². The van der Waals surface area contributed by atoms with E-state index in [9.17, 15) is 5.11 Å². The molecule has 1 nitrogen and oxygen atoms in total. The minimum Gasteiger partial charge on any atom is -0.508 e. The zero-order valence-corrected chi connectivity index (χ0v) is 9.48. The molecule has 16 heavy (non-hydrogen) atoms. The highest BCUT2D eigenvalue weighted by atomic mass is 16.3. The van der Waals surface area contributed by atoms with Gasteiger partial charge in [-0.15, -0.1) is 0 Å². The second kappa shape index (κ2) is 4.84. The average molecular weight is 212 g/mol. The lowest BCUT2D eigenvalue weighted by atomic mass is 10.0. The van der Waals surface area contributed by atoms with Gasteiger partial charge in [0, 0.05) is 0 Å². The number of rotatable bonds is 3. The molecule has 0 heterocycles. The largest absolute Gasteiger partial charge is 0.508 e. The van der Waals surface area contributed by atoms with Crippen molar-refractivity contribution in [2.75, 3.05) is 0 Å². The van der Waals surface area contributed by atoms with Crippen molar-refractivity contribution in [1.29, 1.82) is 0 Å². The molecule has 1 heteroatoms. The summed E-state index contributed by atoms with van der Waals surface area (Å²) in [4.78, 5) is 0. The zero-order valence-electron chi connectivity index (χ0n) is 9.48. The monoisotopic (exact) mass is 212 g/mol. The van der Waals surface area contributed by atoms with Crippen LogP contribution in [0.5, 0.6) is 5.75 Å². The topological polar surface area (TPSA) is 20.2 Å². The van der Waals surface area contributed by atoms with Crippen LogP contribution in [0.25, 0.3) is 11.1 Å². The maximum Gasteiger partial charge on any atom is 0.118 e. The summed E-state index contributed by atoms with van der Waals surface area (Å²) in [6, 6.07) is 16.1.